The van der Waals surface area contributed by atoms with E-state index < -0.39 is 5.41 Å². The summed E-state index contributed by atoms with van der Waals surface area (Å²) in [4.78, 5) is 15.0. The summed E-state index contributed by atoms with van der Waals surface area (Å²) in [6.07, 6.45) is 3.65. The summed E-state index contributed by atoms with van der Waals surface area (Å²) in [5.74, 6) is 0.609. The third kappa shape index (κ3) is 2.52. The first-order valence-corrected chi connectivity index (χ1v) is 7.14. The molecule has 0 aromatic heterocycles. The number of hydrogen-bond acceptors (Lipinski definition) is 3. The Hall–Kier alpha value is -0.680. The van der Waals surface area contributed by atoms with E-state index in [2.05, 4.69) is 24.2 Å². The highest BCUT2D eigenvalue weighted by Crippen LogP contribution is 2.46. The van der Waals surface area contributed by atoms with Crippen molar-refractivity contribution < 1.29 is 4.79 Å². The van der Waals surface area contributed by atoms with E-state index in [4.69, 9.17) is 18.0 Å². The van der Waals surface area contributed by atoms with Crippen LogP contribution in [0.25, 0.3) is 0 Å². The van der Waals surface area contributed by atoms with Gasteiger partial charge >= 0.3 is 0 Å². The number of nitrogens with zero attached hydrogens (tertiary/aromatic N) is 1. The van der Waals surface area contributed by atoms with Gasteiger partial charge in [0.2, 0.25) is 5.91 Å². The van der Waals surface area contributed by atoms with Crippen LogP contribution < -0.4 is 11.1 Å². The van der Waals surface area contributed by atoms with Crippen molar-refractivity contribution in [2.24, 2.45) is 17.1 Å². The molecule has 3 N–H and O–H groups in total. The molecule has 4 nitrogen and oxygen atoms in total. The molecular weight excluding hydrogens is 246 g/mol. The molecule has 18 heavy (non-hydrogen) atoms. The first-order valence-electron chi connectivity index (χ1n) is 6.73. The fourth-order valence-corrected chi connectivity index (χ4v) is 3.36. The third-order valence-corrected chi connectivity index (χ3v) is 4.74. The summed E-state index contributed by atoms with van der Waals surface area (Å²) in [6, 6.07) is 0.288. The molecule has 1 heterocycles. The highest BCUT2D eigenvalue weighted by atomic mass is 32.1. The van der Waals surface area contributed by atoms with Crippen LogP contribution in [-0.4, -0.2) is 42.0 Å². The van der Waals surface area contributed by atoms with Gasteiger partial charge in [-0.25, -0.2) is 0 Å². The van der Waals surface area contributed by atoms with Crippen LogP contribution in [0.1, 0.15) is 32.6 Å². The lowest BCUT2D eigenvalue weighted by atomic mass is 9.62. The van der Waals surface area contributed by atoms with Crippen molar-refractivity contribution >= 4 is 23.1 Å². The van der Waals surface area contributed by atoms with Crippen molar-refractivity contribution in [2.45, 2.75) is 38.6 Å². The van der Waals surface area contributed by atoms with Crippen LogP contribution in [-0.2, 0) is 4.79 Å². The number of nitrogens with two attached hydrogens (primary N) is 1. The Morgan fingerprint density at radius 3 is 2.39 bits per heavy atom. The van der Waals surface area contributed by atoms with E-state index in [0.29, 0.717) is 10.9 Å². The number of likely N-dealkylation sites (tertiary alicyclic amines) is 1. The van der Waals surface area contributed by atoms with Gasteiger partial charge in [-0.1, -0.05) is 19.1 Å². The maximum Gasteiger partial charge on any atom is 0.233 e. The second kappa shape index (κ2) is 5.13. The van der Waals surface area contributed by atoms with Gasteiger partial charge in [-0.05, 0) is 51.7 Å². The molecule has 2 rings (SSSR count). The molecule has 0 spiro atoms. The maximum atomic E-state index is 12.4. The van der Waals surface area contributed by atoms with Gasteiger partial charge in [-0.3, -0.25) is 4.79 Å². The lowest BCUT2D eigenvalue weighted by Gasteiger charge is -2.45. The molecule has 0 bridgehead atoms. The van der Waals surface area contributed by atoms with Crippen LogP contribution >= 0.6 is 12.2 Å². The highest BCUT2D eigenvalue weighted by Gasteiger charge is 2.51. The molecule has 0 aromatic rings. The minimum Gasteiger partial charge on any atom is -0.392 e. The van der Waals surface area contributed by atoms with E-state index in [1.54, 1.807) is 0 Å². The van der Waals surface area contributed by atoms with Gasteiger partial charge in [0.15, 0.2) is 0 Å². The van der Waals surface area contributed by atoms with Crippen molar-refractivity contribution in [3.05, 3.63) is 0 Å². The molecule has 1 saturated heterocycles. The predicted octanol–water partition coefficient (Wildman–Crippen LogP) is 0.899. The first kappa shape index (κ1) is 13.7. The van der Waals surface area contributed by atoms with Crippen molar-refractivity contribution in [3.8, 4) is 0 Å². The van der Waals surface area contributed by atoms with E-state index in [9.17, 15) is 4.79 Å². The minimum atomic E-state index is -0.557. The molecule has 0 radical (unpaired) electrons. The van der Waals surface area contributed by atoms with Gasteiger partial charge in [-0.2, -0.15) is 0 Å². The Kier molecular flexibility index (Phi) is 3.92. The summed E-state index contributed by atoms with van der Waals surface area (Å²) >= 11 is 5.11. The Bertz CT molecular complexity index is 344. The number of carbonyl (C=O) groups excluding carboxylic acids is 1. The summed E-state index contributed by atoms with van der Waals surface area (Å²) in [7, 11) is 2.11. The molecule has 0 unspecified atom stereocenters. The monoisotopic (exact) mass is 269 g/mol. The topological polar surface area (TPSA) is 58.4 Å². The largest absolute Gasteiger partial charge is 0.392 e. The highest BCUT2D eigenvalue weighted by molar-refractivity contribution is 7.80. The number of thiocarbonyl (C=S) groups is 1. The van der Waals surface area contributed by atoms with Crippen LogP contribution in [0.2, 0.25) is 0 Å². The molecule has 5 heteroatoms. The van der Waals surface area contributed by atoms with Crippen molar-refractivity contribution in [1.82, 2.24) is 10.2 Å². The molecule has 0 aromatic carbocycles. The second-order valence-electron chi connectivity index (χ2n) is 6.01. The molecule has 2 fully saturated rings. The van der Waals surface area contributed by atoms with Crippen LogP contribution in [0, 0.1) is 11.3 Å². The normalized spacial score (nSPS) is 33.8. The SMILES string of the molecule is CC1CC(C(=O)NC2CCN(C)CC2)(C(N)=S)C1. The molecule has 1 saturated carbocycles. The van der Waals surface area contributed by atoms with Gasteiger partial charge in [-0.15, -0.1) is 0 Å². The smallest absolute Gasteiger partial charge is 0.233 e. The molecule has 102 valence electrons. The molecule has 2 aliphatic rings. The molecule has 1 aliphatic heterocycles. The zero-order chi connectivity index (χ0) is 13.3. The third-order valence-electron chi connectivity index (χ3n) is 4.35. The number of hydrogen-bond donors (Lipinski definition) is 2. The predicted molar refractivity (Wildman–Crippen MR) is 76.3 cm³/mol. The van der Waals surface area contributed by atoms with Gasteiger partial charge in [0, 0.05) is 6.04 Å². The Balaban J connectivity index is 1.92. The maximum absolute atomic E-state index is 12.4. The number of rotatable bonds is 3. The van der Waals surface area contributed by atoms with E-state index in [0.717, 1.165) is 38.8 Å². The number of nitrogens with one attached hydrogen (secondary N) is 1. The van der Waals surface area contributed by atoms with Gasteiger partial charge in [0.1, 0.15) is 0 Å². The van der Waals surface area contributed by atoms with E-state index in [1.165, 1.54) is 0 Å². The van der Waals surface area contributed by atoms with Crippen LogP contribution in [0.4, 0.5) is 0 Å². The zero-order valence-electron chi connectivity index (χ0n) is 11.2. The quantitative estimate of drug-likeness (QED) is 0.747. The molecule has 0 atom stereocenters. The minimum absolute atomic E-state index is 0.0580. The van der Waals surface area contributed by atoms with E-state index >= 15 is 0 Å². The second-order valence-corrected chi connectivity index (χ2v) is 6.45. The lowest BCUT2D eigenvalue weighted by Crippen LogP contribution is -2.58. The number of carbonyl (C=O) groups is 1. The van der Waals surface area contributed by atoms with Gasteiger partial charge in [0.05, 0.1) is 10.4 Å². The van der Waals surface area contributed by atoms with E-state index in [-0.39, 0.29) is 11.9 Å². The standard InChI is InChI=1S/C13H23N3OS/c1-9-7-13(8-9,11(14)18)12(17)15-10-3-5-16(2)6-4-10/h9-10H,3-8H2,1-2H3,(H2,14,18)(H,15,17). The molecule has 1 aliphatic carbocycles. The van der Waals surface area contributed by atoms with Crippen LogP contribution in [0.5, 0.6) is 0 Å². The Morgan fingerprint density at radius 1 is 1.39 bits per heavy atom. The van der Waals surface area contributed by atoms with Crippen LogP contribution in [0.3, 0.4) is 0 Å². The van der Waals surface area contributed by atoms with Gasteiger partial charge < -0.3 is 16.0 Å². The summed E-state index contributed by atoms with van der Waals surface area (Å²) in [6.45, 7) is 4.22. The lowest BCUT2D eigenvalue weighted by molar-refractivity contribution is -0.133. The average Bonchev–Trinajstić information content (AvgIpc) is 2.27. The molecule has 1 amide bonds. The summed E-state index contributed by atoms with van der Waals surface area (Å²) < 4.78 is 0. The van der Waals surface area contributed by atoms with Crippen LogP contribution in [0.15, 0.2) is 0 Å². The number of piperidine rings is 1. The Morgan fingerprint density at radius 2 is 1.94 bits per heavy atom. The average molecular weight is 269 g/mol. The van der Waals surface area contributed by atoms with Gasteiger partial charge in [0.25, 0.3) is 0 Å². The summed E-state index contributed by atoms with van der Waals surface area (Å²) in [5.41, 5.74) is 5.23. The number of amides is 1. The van der Waals surface area contributed by atoms with Crippen molar-refractivity contribution in [1.29, 1.82) is 0 Å². The Labute approximate surface area is 114 Å². The van der Waals surface area contributed by atoms with Crippen molar-refractivity contribution in [2.75, 3.05) is 20.1 Å². The molecular formula is C13H23N3OS. The van der Waals surface area contributed by atoms with Crippen molar-refractivity contribution in [3.63, 3.8) is 0 Å². The first-order chi connectivity index (χ1) is 8.44. The van der Waals surface area contributed by atoms with E-state index in [1.807, 2.05) is 0 Å². The zero-order valence-corrected chi connectivity index (χ0v) is 12.1. The fraction of sp³-hybridized carbons (Fsp3) is 0.846. The fourth-order valence-electron chi connectivity index (χ4n) is 3.10. The summed E-state index contributed by atoms with van der Waals surface area (Å²) in [5, 5.41) is 3.15.